The predicted octanol–water partition coefficient (Wildman–Crippen LogP) is 3.55. The first kappa shape index (κ1) is 16.8. The van der Waals surface area contributed by atoms with Crippen LogP contribution >= 0.6 is 0 Å². The second-order valence-electron chi connectivity index (χ2n) is 6.44. The standard InChI is InChI=1S/C18H25N3O3/c1-12(2)18-19-17(24-20-18)11-21-9-5-6-15(21)14-8-7-13(22-3)10-16(14)23-4/h7-8,10,12,15H,5-6,9,11H2,1-4H3. The maximum absolute atomic E-state index is 5.58. The van der Waals surface area contributed by atoms with E-state index in [0.29, 0.717) is 18.5 Å². The molecule has 1 fully saturated rings. The highest BCUT2D eigenvalue weighted by atomic mass is 16.5. The number of hydrogen-bond acceptors (Lipinski definition) is 6. The minimum absolute atomic E-state index is 0.276. The first-order valence-corrected chi connectivity index (χ1v) is 8.40. The van der Waals surface area contributed by atoms with E-state index >= 15 is 0 Å². The molecular weight excluding hydrogens is 306 g/mol. The molecule has 1 unspecified atom stereocenters. The van der Waals surface area contributed by atoms with Crippen LogP contribution in [0.2, 0.25) is 0 Å². The Morgan fingerprint density at radius 3 is 2.79 bits per heavy atom. The fraction of sp³-hybridized carbons (Fsp3) is 0.556. The van der Waals surface area contributed by atoms with Crippen LogP contribution in [0, 0.1) is 0 Å². The molecule has 0 radical (unpaired) electrons. The number of nitrogens with zero attached hydrogens (tertiary/aromatic N) is 3. The topological polar surface area (TPSA) is 60.6 Å². The van der Waals surface area contributed by atoms with Crippen molar-refractivity contribution in [3.05, 3.63) is 35.5 Å². The van der Waals surface area contributed by atoms with Crippen molar-refractivity contribution in [3.63, 3.8) is 0 Å². The molecule has 1 saturated heterocycles. The molecule has 0 amide bonds. The van der Waals surface area contributed by atoms with Crippen molar-refractivity contribution in [2.45, 2.75) is 45.2 Å². The van der Waals surface area contributed by atoms with Crippen molar-refractivity contribution >= 4 is 0 Å². The lowest BCUT2D eigenvalue weighted by Gasteiger charge is -2.25. The molecule has 0 N–H and O–H groups in total. The van der Waals surface area contributed by atoms with Crippen LogP contribution in [0.4, 0.5) is 0 Å². The van der Waals surface area contributed by atoms with Crippen LogP contribution in [0.3, 0.4) is 0 Å². The van der Waals surface area contributed by atoms with Gasteiger partial charge in [0.15, 0.2) is 5.82 Å². The summed E-state index contributed by atoms with van der Waals surface area (Å²) in [5.74, 6) is 3.39. The Morgan fingerprint density at radius 2 is 2.12 bits per heavy atom. The van der Waals surface area contributed by atoms with Gasteiger partial charge < -0.3 is 14.0 Å². The molecule has 130 valence electrons. The highest BCUT2D eigenvalue weighted by Gasteiger charge is 2.30. The minimum atomic E-state index is 0.276. The smallest absolute Gasteiger partial charge is 0.240 e. The van der Waals surface area contributed by atoms with Gasteiger partial charge in [-0.15, -0.1) is 0 Å². The van der Waals surface area contributed by atoms with E-state index in [1.54, 1.807) is 14.2 Å². The van der Waals surface area contributed by atoms with Crippen LogP contribution in [0.1, 0.15) is 55.9 Å². The van der Waals surface area contributed by atoms with Gasteiger partial charge in [-0.05, 0) is 25.5 Å². The molecule has 1 aliphatic heterocycles. The van der Waals surface area contributed by atoms with Crippen molar-refractivity contribution in [2.75, 3.05) is 20.8 Å². The van der Waals surface area contributed by atoms with Crippen molar-refractivity contribution in [1.82, 2.24) is 15.0 Å². The number of hydrogen-bond donors (Lipinski definition) is 0. The Bertz CT molecular complexity index is 684. The van der Waals surface area contributed by atoms with Gasteiger partial charge >= 0.3 is 0 Å². The first-order chi connectivity index (χ1) is 11.6. The average Bonchev–Trinajstić information content (AvgIpc) is 3.24. The van der Waals surface area contributed by atoms with Crippen molar-refractivity contribution in [1.29, 1.82) is 0 Å². The Hall–Kier alpha value is -2.08. The van der Waals surface area contributed by atoms with E-state index in [1.807, 2.05) is 12.1 Å². The zero-order chi connectivity index (χ0) is 17.1. The molecule has 1 aromatic carbocycles. The summed E-state index contributed by atoms with van der Waals surface area (Å²) >= 11 is 0. The number of likely N-dealkylation sites (tertiary alicyclic amines) is 1. The van der Waals surface area contributed by atoms with E-state index in [2.05, 4.69) is 35.0 Å². The summed E-state index contributed by atoms with van der Waals surface area (Å²) in [5, 5.41) is 4.06. The highest BCUT2D eigenvalue weighted by Crippen LogP contribution is 2.39. The third-order valence-corrected chi connectivity index (χ3v) is 4.50. The minimum Gasteiger partial charge on any atom is -0.497 e. The largest absolute Gasteiger partial charge is 0.497 e. The molecule has 0 spiro atoms. The van der Waals surface area contributed by atoms with Crippen LogP contribution in [0.25, 0.3) is 0 Å². The van der Waals surface area contributed by atoms with Gasteiger partial charge in [-0.1, -0.05) is 25.1 Å². The molecule has 0 saturated carbocycles. The number of benzene rings is 1. The number of rotatable bonds is 6. The molecular formula is C18H25N3O3. The molecule has 24 heavy (non-hydrogen) atoms. The maximum Gasteiger partial charge on any atom is 0.240 e. The second kappa shape index (κ2) is 7.21. The monoisotopic (exact) mass is 331 g/mol. The van der Waals surface area contributed by atoms with E-state index in [4.69, 9.17) is 14.0 Å². The number of ether oxygens (including phenoxy) is 2. The molecule has 2 aromatic rings. The van der Waals surface area contributed by atoms with Gasteiger partial charge in [0.1, 0.15) is 11.5 Å². The summed E-state index contributed by atoms with van der Waals surface area (Å²) < 4.78 is 16.3. The van der Waals surface area contributed by atoms with Gasteiger partial charge in [-0.3, -0.25) is 4.90 Å². The van der Waals surface area contributed by atoms with Crippen LogP contribution < -0.4 is 9.47 Å². The molecule has 1 atom stereocenters. The van der Waals surface area contributed by atoms with Crippen LogP contribution in [0.15, 0.2) is 22.7 Å². The zero-order valence-corrected chi connectivity index (χ0v) is 14.8. The van der Waals surface area contributed by atoms with Crippen LogP contribution in [-0.2, 0) is 6.54 Å². The Balaban J connectivity index is 1.80. The lowest BCUT2D eigenvalue weighted by molar-refractivity contribution is 0.209. The number of aromatic nitrogens is 2. The Labute approximate surface area is 142 Å². The Morgan fingerprint density at radius 1 is 1.29 bits per heavy atom. The zero-order valence-electron chi connectivity index (χ0n) is 14.8. The van der Waals surface area contributed by atoms with E-state index in [0.717, 1.165) is 36.7 Å². The molecule has 6 heteroatoms. The summed E-state index contributed by atoms with van der Waals surface area (Å²) in [4.78, 5) is 6.88. The first-order valence-electron chi connectivity index (χ1n) is 8.40. The van der Waals surface area contributed by atoms with Gasteiger partial charge in [0.2, 0.25) is 5.89 Å². The van der Waals surface area contributed by atoms with Gasteiger partial charge in [0, 0.05) is 23.6 Å². The van der Waals surface area contributed by atoms with Crippen molar-refractivity contribution < 1.29 is 14.0 Å². The third kappa shape index (κ3) is 3.38. The maximum atomic E-state index is 5.58. The van der Waals surface area contributed by atoms with E-state index < -0.39 is 0 Å². The third-order valence-electron chi connectivity index (χ3n) is 4.50. The quantitative estimate of drug-likeness (QED) is 0.807. The molecule has 6 nitrogen and oxygen atoms in total. The van der Waals surface area contributed by atoms with Crippen molar-refractivity contribution in [2.24, 2.45) is 0 Å². The van der Waals surface area contributed by atoms with Crippen LogP contribution in [-0.4, -0.2) is 35.8 Å². The Kier molecular flexibility index (Phi) is 5.04. The normalized spacial score (nSPS) is 18.3. The van der Waals surface area contributed by atoms with E-state index in [1.165, 1.54) is 5.56 Å². The molecule has 0 bridgehead atoms. The number of methoxy groups -OCH3 is 2. The summed E-state index contributed by atoms with van der Waals surface area (Å²) in [7, 11) is 3.36. The van der Waals surface area contributed by atoms with Gasteiger partial charge in [0.05, 0.1) is 20.8 Å². The average molecular weight is 331 g/mol. The van der Waals surface area contributed by atoms with Crippen LogP contribution in [0.5, 0.6) is 11.5 Å². The summed E-state index contributed by atoms with van der Waals surface area (Å²) in [6.07, 6.45) is 2.24. The van der Waals surface area contributed by atoms with Gasteiger partial charge in [0.25, 0.3) is 0 Å². The lowest BCUT2D eigenvalue weighted by Crippen LogP contribution is -2.23. The van der Waals surface area contributed by atoms with E-state index in [-0.39, 0.29) is 5.92 Å². The predicted molar refractivity (Wildman–Crippen MR) is 90.3 cm³/mol. The molecule has 2 heterocycles. The molecule has 0 aliphatic carbocycles. The summed E-state index contributed by atoms with van der Waals surface area (Å²) in [6.45, 7) is 5.81. The van der Waals surface area contributed by atoms with Gasteiger partial charge in [-0.2, -0.15) is 4.98 Å². The fourth-order valence-corrected chi connectivity index (χ4v) is 3.20. The fourth-order valence-electron chi connectivity index (χ4n) is 3.20. The van der Waals surface area contributed by atoms with Crippen molar-refractivity contribution in [3.8, 4) is 11.5 Å². The second-order valence-corrected chi connectivity index (χ2v) is 6.44. The molecule has 1 aromatic heterocycles. The summed E-state index contributed by atoms with van der Waals surface area (Å²) in [5.41, 5.74) is 1.18. The SMILES string of the molecule is COc1ccc(C2CCCN2Cc2nc(C(C)C)no2)c(OC)c1. The molecule has 1 aliphatic rings. The lowest BCUT2D eigenvalue weighted by atomic mass is 10.0. The van der Waals surface area contributed by atoms with Gasteiger partial charge in [-0.25, -0.2) is 0 Å². The van der Waals surface area contributed by atoms with E-state index in [9.17, 15) is 0 Å². The molecule has 3 rings (SSSR count). The summed E-state index contributed by atoms with van der Waals surface area (Å²) in [6, 6.07) is 6.31. The highest BCUT2D eigenvalue weighted by molar-refractivity contribution is 5.42.